The van der Waals surface area contributed by atoms with Crippen LogP contribution in [0.1, 0.15) is 26.3 Å². The molecule has 0 radical (unpaired) electrons. The lowest BCUT2D eigenvalue weighted by Crippen LogP contribution is -2.24. The van der Waals surface area contributed by atoms with Gasteiger partial charge in [-0.3, -0.25) is 9.67 Å². The number of nitrogens with zero attached hydrogens (tertiary/aromatic N) is 5. The van der Waals surface area contributed by atoms with Crippen molar-refractivity contribution >= 4 is 22.3 Å². The molecule has 0 saturated heterocycles. The molecule has 0 unspecified atom stereocenters. The molecule has 9 heteroatoms. The number of fused-ring (bicyclic) bond motifs is 1. The third kappa shape index (κ3) is 3.56. The van der Waals surface area contributed by atoms with E-state index >= 15 is 0 Å². The minimum absolute atomic E-state index is 0.0783. The summed E-state index contributed by atoms with van der Waals surface area (Å²) in [6, 6.07) is 8.43. The first-order chi connectivity index (χ1) is 15.2. The number of hydrogen-bond acceptors (Lipinski definition) is 6. The molecule has 4 rings (SSSR count). The lowest BCUT2D eigenvalue weighted by molar-refractivity contribution is 0.413. The molecule has 0 spiro atoms. The maximum atomic E-state index is 14.6. The zero-order chi connectivity index (χ0) is 23.0. The fourth-order valence-electron chi connectivity index (χ4n) is 3.48. The summed E-state index contributed by atoms with van der Waals surface area (Å²) in [7, 11) is 1.47. The summed E-state index contributed by atoms with van der Waals surface area (Å²) in [4.78, 5) is 11.8. The average molecular weight is 432 g/mol. The van der Waals surface area contributed by atoms with Gasteiger partial charge in [0.15, 0.2) is 5.88 Å². The Hall–Kier alpha value is -4.19. The number of methoxy groups -OCH3 is 1. The summed E-state index contributed by atoms with van der Waals surface area (Å²) in [5.41, 5.74) is 1.87. The monoisotopic (exact) mass is 432 g/mol. The molecule has 3 heterocycles. The number of halogens is 1. The van der Waals surface area contributed by atoms with Crippen LogP contribution in [0.4, 0.5) is 10.1 Å². The van der Waals surface area contributed by atoms with E-state index in [0.29, 0.717) is 39.3 Å². The SMILES string of the molecule is COc1cccc(F)c1-c1cc2c(C(C)=Nc3cnn(C(C)(C)C#N)c3)c(O)[nH]c2cn1. The number of pyridine rings is 1. The first-order valence-electron chi connectivity index (χ1n) is 9.80. The van der Waals surface area contributed by atoms with Crippen molar-refractivity contribution in [2.75, 3.05) is 7.11 Å². The summed E-state index contributed by atoms with van der Waals surface area (Å²) >= 11 is 0. The quantitative estimate of drug-likeness (QED) is 0.445. The van der Waals surface area contributed by atoms with Crippen LogP contribution in [0.15, 0.2) is 47.8 Å². The minimum Gasteiger partial charge on any atom is -0.496 e. The number of rotatable bonds is 5. The smallest absolute Gasteiger partial charge is 0.198 e. The van der Waals surface area contributed by atoms with Crippen LogP contribution in [0, 0.1) is 17.1 Å². The van der Waals surface area contributed by atoms with E-state index < -0.39 is 11.4 Å². The summed E-state index contributed by atoms with van der Waals surface area (Å²) in [6.45, 7) is 5.24. The summed E-state index contributed by atoms with van der Waals surface area (Å²) < 4.78 is 21.4. The molecule has 0 bridgehead atoms. The standard InChI is InChI=1S/C23H21FN6O2/c1-13(28-14-9-27-30(11-14)23(2,3)12-25)20-15-8-17(26-10-18(15)29-22(20)31)21-16(24)6-5-7-19(21)32-4/h5-11,29,31H,1-4H3. The van der Waals surface area contributed by atoms with Crippen LogP contribution >= 0.6 is 0 Å². The van der Waals surface area contributed by atoms with Crippen LogP contribution in [0.25, 0.3) is 22.2 Å². The molecule has 4 aromatic rings. The highest BCUT2D eigenvalue weighted by Gasteiger charge is 2.21. The van der Waals surface area contributed by atoms with Gasteiger partial charge in [0.25, 0.3) is 0 Å². The maximum Gasteiger partial charge on any atom is 0.198 e. The lowest BCUT2D eigenvalue weighted by Gasteiger charge is -2.14. The van der Waals surface area contributed by atoms with Gasteiger partial charge >= 0.3 is 0 Å². The number of benzene rings is 1. The van der Waals surface area contributed by atoms with E-state index in [1.54, 1.807) is 51.4 Å². The van der Waals surface area contributed by atoms with Crippen LogP contribution in [-0.2, 0) is 5.54 Å². The summed E-state index contributed by atoms with van der Waals surface area (Å²) in [5.74, 6) is -0.183. The molecule has 0 atom stereocenters. The summed E-state index contributed by atoms with van der Waals surface area (Å²) in [5, 5.41) is 24.7. The minimum atomic E-state index is -0.815. The zero-order valence-electron chi connectivity index (χ0n) is 18.0. The molecule has 0 aliphatic heterocycles. The second-order valence-electron chi connectivity index (χ2n) is 7.79. The van der Waals surface area contributed by atoms with Crippen LogP contribution in [-0.4, -0.2) is 37.7 Å². The second kappa shape index (κ2) is 7.81. The molecule has 8 nitrogen and oxygen atoms in total. The van der Waals surface area contributed by atoms with Crippen molar-refractivity contribution in [3.05, 3.63) is 54.2 Å². The first-order valence-corrected chi connectivity index (χ1v) is 9.80. The Bertz CT molecular complexity index is 1390. The van der Waals surface area contributed by atoms with Crippen molar-refractivity contribution in [2.45, 2.75) is 26.3 Å². The predicted octanol–water partition coefficient (Wildman–Crippen LogP) is 4.68. The number of nitriles is 1. The van der Waals surface area contributed by atoms with E-state index in [1.807, 2.05) is 0 Å². The molecule has 0 saturated carbocycles. The van der Waals surface area contributed by atoms with Gasteiger partial charge in [0.2, 0.25) is 0 Å². The molecular formula is C23H21FN6O2. The maximum absolute atomic E-state index is 14.6. The topological polar surface area (TPSA) is 112 Å². The van der Waals surface area contributed by atoms with Crippen molar-refractivity contribution in [1.82, 2.24) is 19.7 Å². The molecule has 0 aliphatic rings. The Labute approximate surface area is 183 Å². The number of aliphatic imine (C=N–C) groups is 1. The van der Waals surface area contributed by atoms with Gasteiger partial charge in [0.05, 0.1) is 59.8 Å². The van der Waals surface area contributed by atoms with E-state index in [-0.39, 0.29) is 11.4 Å². The van der Waals surface area contributed by atoms with Gasteiger partial charge in [0, 0.05) is 5.39 Å². The molecule has 32 heavy (non-hydrogen) atoms. The van der Waals surface area contributed by atoms with Crippen LogP contribution < -0.4 is 4.74 Å². The summed E-state index contributed by atoms with van der Waals surface area (Å²) in [6.07, 6.45) is 4.74. The van der Waals surface area contributed by atoms with Crippen LogP contribution in [0.2, 0.25) is 0 Å². The number of aromatic amines is 1. The Balaban J connectivity index is 1.82. The zero-order valence-corrected chi connectivity index (χ0v) is 18.0. The Morgan fingerprint density at radius 1 is 1.34 bits per heavy atom. The van der Waals surface area contributed by atoms with Gasteiger partial charge in [-0.15, -0.1) is 0 Å². The van der Waals surface area contributed by atoms with Crippen molar-refractivity contribution in [3.63, 3.8) is 0 Å². The van der Waals surface area contributed by atoms with E-state index in [2.05, 4.69) is 26.1 Å². The van der Waals surface area contributed by atoms with E-state index in [1.165, 1.54) is 24.1 Å². The van der Waals surface area contributed by atoms with Crippen molar-refractivity contribution in [3.8, 4) is 29.0 Å². The number of nitrogens with one attached hydrogen (secondary N) is 1. The number of aromatic hydroxyl groups is 1. The molecule has 3 aromatic heterocycles. The third-order valence-electron chi connectivity index (χ3n) is 5.19. The van der Waals surface area contributed by atoms with Gasteiger partial charge in [-0.2, -0.15) is 10.4 Å². The highest BCUT2D eigenvalue weighted by Crippen LogP contribution is 2.35. The van der Waals surface area contributed by atoms with Gasteiger partial charge in [-0.25, -0.2) is 9.38 Å². The van der Waals surface area contributed by atoms with E-state index in [0.717, 1.165) is 0 Å². The Kier molecular flexibility index (Phi) is 5.14. The third-order valence-corrected chi connectivity index (χ3v) is 5.19. The number of aromatic nitrogens is 4. The predicted molar refractivity (Wildman–Crippen MR) is 119 cm³/mol. The van der Waals surface area contributed by atoms with E-state index in [9.17, 15) is 14.8 Å². The first kappa shape index (κ1) is 21.1. The highest BCUT2D eigenvalue weighted by atomic mass is 19.1. The second-order valence-corrected chi connectivity index (χ2v) is 7.79. The largest absolute Gasteiger partial charge is 0.496 e. The van der Waals surface area contributed by atoms with E-state index in [4.69, 9.17) is 4.74 Å². The fourth-order valence-corrected chi connectivity index (χ4v) is 3.48. The molecule has 0 amide bonds. The average Bonchev–Trinajstić information content (AvgIpc) is 3.36. The molecule has 2 N–H and O–H groups in total. The Morgan fingerprint density at radius 2 is 2.12 bits per heavy atom. The molecule has 0 aliphatic carbocycles. The Morgan fingerprint density at radius 3 is 2.84 bits per heavy atom. The lowest BCUT2D eigenvalue weighted by atomic mass is 10.0. The van der Waals surface area contributed by atoms with Crippen LogP contribution in [0.5, 0.6) is 11.6 Å². The number of ether oxygens (including phenoxy) is 1. The van der Waals surface area contributed by atoms with Gasteiger partial charge in [0.1, 0.15) is 22.8 Å². The highest BCUT2D eigenvalue weighted by molar-refractivity contribution is 6.13. The van der Waals surface area contributed by atoms with Gasteiger partial charge < -0.3 is 14.8 Å². The normalized spacial score (nSPS) is 12.2. The number of hydrogen-bond donors (Lipinski definition) is 2. The molecule has 162 valence electrons. The van der Waals surface area contributed by atoms with Crippen molar-refractivity contribution < 1.29 is 14.2 Å². The molecule has 1 aromatic carbocycles. The van der Waals surface area contributed by atoms with Gasteiger partial charge in [-0.1, -0.05) is 6.07 Å². The van der Waals surface area contributed by atoms with Crippen LogP contribution in [0.3, 0.4) is 0 Å². The molecular weight excluding hydrogens is 411 g/mol. The van der Waals surface area contributed by atoms with Gasteiger partial charge in [-0.05, 0) is 39.0 Å². The fraction of sp³-hybridized carbons (Fsp3) is 0.217. The van der Waals surface area contributed by atoms with Crippen molar-refractivity contribution in [2.24, 2.45) is 4.99 Å². The molecule has 0 fully saturated rings. The van der Waals surface area contributed by atoms with Crippen molar-refractivity contribution in [1.29, 1.82) is 5.26 Å². The number of H-pyrrole nitrogens is 1.